The number of rotatable bonds is 1. The van der Waals surface area contributed by atoms with E-state index in [2.05, 4.69) is 0 Å². The van der Waals surface area contributed by atoms with Gasteiger partial charge in [-0.15, -0.1) is 0 Å². The molecule has 1 aromatic rings. The average Bonchev–Trinajstić information content (AvgIpc) is 1.88. The first-order valence-corrected chi connectivity index (χ1v) is 3.00. The second-order valence-electron chi connectivity index (χ2n) is 1.98. The van der Waals surface area contributed by atoms with E-state index < -0.39 is 0 Å². The van der Waals surface area contributed by atoms with Crippen LogP contribution in [0.25, 0.3) is 6.08 Å². The number of aliphatic hydroxyl groups is 1. The van der Waals surface area contributed by atoms with Crippen LogP contribution in [-0.2, 0) is 0 Å². The highest BCUT2D eigenvalue weighted by molar-refractivity contribution is 6.22. The molecule has 0 atom stereocenters. The van der Waals surface area contributed by atoms with Crippen LogP contribution in [0, 0.1) is 0 Å². The van der Waals surface area contributed by atoms with Crippen molar-refractivity contribution in [2.24, 2.45) is 0 Å². The van der Waals surface area contributed by atoms with Crippen molar-refractivity contribution in [3.05, 3.63) is 41.6 Å². The van der Waals surface area contributed by atoms with Crippen LogP contribution < -0.4 is 0 Å². The Hall–Kier alpha value is -1.18. The van der Waals surface area contributed by atoms with Gasteiger partial charge in [-0.3, -0.25) is 0 Å². The van der Waals surface area contributed by atoms with Crippen LogP contribution in [0.3, 0.4) is 0 Å². The molecule has 2 radical (unpaired) electrons. The molecular weight excluding hydrogens is 123 g/mol. The van der Waals surface area contributed by atoms with E-state index in [9.17, 15) is 0 Å². The molecule has 0 aliphatic rings. The minimum atomic E-state index is -0.161. The van der Waals surface area contributed by atoms with Crippen molar-refractivity contribution in [2.75, 3.05) is 0 Å². The van der Waals surface area contributed by atoms with E-state index in [-0.39, 0.29) is 5.66 Å². The molecule has 1 rings (SSSR count). The Balaban J connectivity index is 2.87. The molecule has 0 aliphatic carbocycles. The number of hydrogen-bond acceptors (Lipinski definition) is 1. The van der Waals surface area contributed by atoms with E-state index in [0.717, 1.165) is 5.56 Å². The van der Waals surface area contributed by atoms with Crippen molar-refractivity contribution in [2.45, 2.75) is 0 Å². The Labute approximate surface area is 61.4 Å². The van der Waals surface area contributed by atoms with Crippen molar-refractivity contribution in [1.82, 2.24) is 0 Å². The fourth-order valence-corrected chi connectivity index (χ4v) is 0.720. The van der Waals surface area contributed by atoms with Crippen molar-refractivity contribution < 1.29 is 5.11 Å². The summed E-state index contributed by atoms with van der Waals surface area (Å²) in [5.41, 5.74) is 0.744. The minimum absolute atomic E-state index is 0.161. The molecule has 0 spiro atoms. The molecule has 0 saturated heterocycles. The smallest absolute Gasteiger partial charge is 0.166 e. The number of aliphatic hydroxyl groups excluding tert-OH is 1. The third kappa shape index (κ3) is 1.98. The Morgan fingerprint density at radius 3 is 2.40 bits per heavy atom. The molecule has 1 aromatic carbocycles. The summed E-state index contributed by atoms with van der Waals surface area (Å²) in [6, 6.07) is 9.40. The number of benzene rings is 1. The Morgan fingerprint density at radius 2 is 1.90 bits per heavy atom. The monoisotopic (exact) mass is 130 g/mol. The summed E-state index contributed by atoms with van der Waals surface area (Å²) < 4.78 is 0. The van der Waals surface area contributed by atoms with Crippen molar-refractivity contribution in [3.63, 3.8) is 0 Å². The van der Waals surface area contributed by atoms with Crippen molar-refractivity contribution in [1.29, 1.82) is 0 Å². The summed E-state index contributed by atoms with van der Waals surface area (Å²) in [7, 11) is 5.04. The molecule has 10 heavy (non-hydrogen) atoms. The van der Waals surface area contributed by atoms with E-state index in [1.807, 2.05) is 30.3 Å². The first kappa shape index (κ1) is 6.94. The van der Waals surface area contributed by atoms with Crippen LogP contribution in [0.1, 0.15) is 5.56 Å². The van der Waals surface area contributed by atoms with Crippen LogP contribution in [0.15, 0.2) is 36.0 Å². The first-order chi connectivity index (χ1) is 4.79. The lowest BCUT2D eigenvalue weighted by atomic mass is 10.0. The lowest BCUT2D eigenvalue weighted by molar-refractivity contribution is 0.457. The molecule has 2 heteroatoms. The minimum Gasteiger partial charge on any atom is -0.524 e. The van der Waals surface area contributed by atoms with Gasteiger partial charge < -0.3 is 5.11 Å². The molecule has 1 N–H and O–H groups in total. The lowest BCUT2D eigenvalue weighted by Crippen LogP contribution is -1.76. The van der Waals surface area contributed by atoms with Gasteiger partial charge in [0.25, 0.3) is 0 Å². The second kappa shape index (κ2) is 3.11. The highest BCUT2D eigenvalue weighted by atomic mass is 16.3. The SMILES string of the molecule is [B]/C(O)=C/c1ccccc1. The van der Waals surface area contributed by atoms with E-state index >= 15 is 0 Å². The van der Waals surface area contributed by atoms with Crippen LogP contribution in [-0.4, -0.2) is 13.0 Å². The van der Waals surface area contributed by atoms with Gasteiger partial charge in [0.2, 0.25) is 0 Å². The third-order valence-corrected chi connectivity index (χ3v) is 1.11. The van der Waals surface area contributed by atoms with Gasteiger partial charge in [-0.05, 0) is 11.6 Å². The van der Waals surface area contributed by atoms with Crippen molar-refractivity contribution >= 4 is 13.9 Å². The van der Waals surface area contributed by atoms with Gasteiger partial charge in [-0.25, -0.2) is 0 Å². The summed E-state index contributed by atoms with van der Waals surface area (Å²) >= 11 is 0. The fraction of sp³-hybridized carbons (Fsp3) is 0. The topological polar surface area (TPSA) is 20.2 Å². The van der Waals surface area contributed by atoms with E-state index in [4.69, 9.17) is 13.0 Å². The zero-order chi connectivity index (χ0) is 7.40. The number of hydrogen-bond donors (Lipinski definition) is 1. The van der Waals surface area contributed by atoms with Crippen LogP contribution >= 0.6 is 0 Å². The highest BCUT2D eigenvalue weighted by Crippen LogP contribution is 2.01. The molecule has 0 fully saturated rings. The lowest BCUT2D eigenvalue weighted by Gasteiger charge is -1.91. The molecule has 0 unspecified atom stereocenters. The second-order valence-corrected chi connectivity index (χ2v) is 1.98. The molecule has 0 saturated carbocycles. The summed E-state index contributed by atoms with van der Waals surface area (Å²) in [6.45, 7) is 0. The van der Waals surface area contributed by atoms with E-state index in [1.54, 1.807) is 0 Å². The van der Waals surface area contributed by atoms with Gasteiger partial charge in [0, 0.05) is 5.66 Å². The average molecular weight is 130 g/mol. The summed E-state index contributed by atoms with van der Waals surface area (Å²) in [5, 5.41) is 8.64. The highest BCUT2D eigenvalue weighted by Gasteiger charge is 1.83. The quantitative estimate of drug-likeness (QED) is 0.453. The maximum Gasteiger partial charge on any atom is 0.166 e. The Morgan fingerprint density at radius 1 is 1.30 bits per heavy atom. The van der Waals surface area contributed by atoms with Gasteiger partial charge in [0.15, 0.2) is 7.85 Å². The Kier molecular flexibility index (Phi) is 2.16. The molecule has 0 aliphatic heterocycles. The van der Waals surface area contributed by atoms with Gasteiger partial charge in [-0.1, -0.05) is 30.3 Å². The standard InChI is InChI=1S/C8H7BO/c9-8(10)6-7-4-2-1-3-5-7/h1-6,10H/b8-6-. The molecule has 1 nitrogen and oxygen atoms in total. The fourth-order valence-electron chi connectivity index (χ4n) is 0.720. The van der Waals surface area contributed by atoms with Gasteiger partial charge >= 0.3 is 0 Å². The normalized spacial score (nSPS) is 11.4. The van der Waals surface area contributed by atoms with Gasteiger partial charge in [0.1, 0.15) is 0 Å². The molecule has 48 valence electrons. The predicted molar refractivity (Wildman–Crippen MR) is 42.8 cm³/mol. The summed E-state index contributed by atoms with van der Waals surface area (Å²) in [4.78, 5) is 0. The van der Waals surface area contributed by atoms with Crippen molar-refractivity contribution in [3.8, 4) is 0 Å². The predicted octanol–water partition coefficient (Wildman–Crippen LogP) is 1.71. The maximum atomic E-state index is 8.64. The molecular formula is C8H7BO. The van der Waals surface area contributed by atoms with Crippen LogP contribution in [0.4, 0.5) is 0 Å². The third-order valence-electron chi connectivity index (χ3n) is 1.11. The zero-order valence-electron chi connectivity index (χ0n) is 5.49. The molecule has 0 amide bonds. The van der Waals surface area contributed by atoms with Crippen LogP contribution in [0.2, 0.25) is 0 Å². The Bertz CT molecular complexity index is 224. The largest absolute Gasteiger partial charge is 0.524 e. The maximum absolute atomic E-state index is 8.64. The van der Waals surface area contributed by atoms with Crippen LogP contribution in [0.5, 0.6) is 0 Å². The summed E-state index contributed by atoms with van der Waals surface area (Å²) in [5.74, 6) is 0. The summed E-state index contributed by atoms with van der Waals surface area (Å²) in [6.07, 6.45) is 1.50. The molecule has 0 aromatic heterocycles. The molecule has 0 heterocycles. The first-order valence-electron chi connectivity index (χ1n) is 3.00. The molecule has 0 bridgehead atoms. The van der Waals surface area contributed by atoms with E-state index in [0.29, 0.717) is 0 Å². The van der Waals surface area contributed by atoms with E-state index in [1.165, 1.54) is 6.08 Å². The van der Waals surface area contributed by atoms with Gasteiger partial charge in [0.05, 0.1) is 0 Å². The zero-order valence-corrected chi connectivity index (χ0v) is 5.49. The van der Waals surface area contributed by atoms with Gasteiger partial charge in [-0.2, -0.15) is 0 Å².